The lowest BCUT2D eigenvalue weighted by Gasteiger charge is -2.25. The van der Waals surface area contributed by atoms with Crippen LogP contribution in [0, 0.1) is 5.41 Å². The second kappa shape index (κ2) is 10.8. The first kappa shape index (κ1) is 18.0. The van der Waals surface area contributed by atoms with Crippen LogP contribution >= 0.6 is 0 Å². The molecule has 0 aliphatic carbocycles. The molecule has 0 aromatic carbocycles. The molecule has 0 aliphatic heterocycles. The highest BCUT2D eigenvalue weighted by Crippen LogP contribution is 2.23. The van der Waals surface area contributed by atoms with Gasteiger partial charge < -0.3 is 5.11 Å². The van der Waals surface area contributed by atoms with Gasteiger partial charge >= 0.3 is 0 Å². The van der Waals surface area contributed by atoms with Crippen molar-refractivity contribution in [3.05, 3.63) is 0 Å². The minimum Gasteiger partial charge on any atom is -0.393 e. The van der Waals surface area contributed by atoms with E-state index < -0.39 is 0 Å². The molecule has 18 heavy (non-hydrogen) atoms. The van der Waals surface area contributed by atoms with Gasteiger partial charge in [-0.15, -0.1) is 0 Å². The zero-order chi connectivity index (χ0) is 13.9. The van der Waals surface area contributed by atoms with Gasteiger partial charge in [-0.1, -0.05) is 91.9 Å². The van der Waals surface area contributed by atoms with Crippen molar-refractivity contribution in [2.24, 2.45) is 5.41 Å². The molecule has 0 saturated heterocycles. The van der Waals surface area contributed by atoms with Crippen LogP contribution in [0.15, 0.2) is 0 Å². The largest absolute Gasteiger partial charge is 0.393 e. The molecule has 0 amide bonds. The van der Waals surface area contributed by atoms with Crippen molar-refractivity contribution < 1.29 is 5.11 Å². The fourth-order valence-corrected chi connectivity index (χ4v) is 2.26. The number of rotatable bonds is 11. The highest BCUT2D eigenvalue weighted by atomic mass is 16.3. The molecular formula is C17H36O. The van der Waals surface area contributed by atoms with Crippen LogP contribution in [0.25, 0.3) is 0 Å². The molecule has 1 nitrogen and oxygen atoms in total. The molecule has 0 rings (SSSR count). The van der Waals surface area contributed by atoms with Gasteiger partial charge in [-0.3, -0.25) is 0 Å². The lowest BCUT2D eigenvalue weighted by molar-refractivity contribution is 0.0533. The Kier molecular flexibility index (Phi) is 10.8. The third-order valence-electron chi connectivity index (χ3n) is 3.83. The summed E-state index contributed by atoms with van der Waals surface area (Å²) in [4.78, 5) is 0. The molecule has 1 unspecified atom stereocenters. The van der Waals surface area contributed by atoms with Crippen LogP contribution in [-0.4, -0.2) is 11.2 Å². The van der Waals surface area contributed by atoms with E-state index in [2.05, 4.69) is 27.7 Å². The van der Waals surface area contributed by atoms with E-state index in [-0.39, 0.29) is 11.5 Å². The highest BCUT2D eigenvalue weighted by Gasteiger charge is 2.20. The van der Waals surface area contributed by atoms with Crippen LogP contribution < -0.4 is 0 Å². The van der Waals surface area contributed by atoms with Gasteiger partial charge in [0.05, 0.1) is 6.10 Å². The zero-order valence-electron chi connectivity index (χ0n) is 13.3. The normalized spacial score (nSPS) is 13.8. The summed E-state index contributed by atoms with van der Waals surface area (Å²) in [5, 5.41) is 9.91. The summed E-state index contributed by atoms with van der Waals surface area (Å²) in [5.74, 6) is 0. The standard InChI is InChI=1S/C17H36O/c1-5-6-7-8-9-10-11-12-13-14-15-16(18)17(2,3)4/h16,18H,5-15H2,1-4H3. The van der Waals surface area contributed by atoms with Crippen molar-refractivity contribution in [1.82, 2.24) is 0 Å². The third kappa shape index (κ3) is 11.1. The topological polar surface area (TPSA) is 20.2 Å². The molecular weight excluding hydrogens is 220 g/mol. The van der Waals surface area contributed by atoms with Crippen molar-refractivity contribution >= 4 is 0 Å². The number of hydrogen-bond acceptors (Lipinski definition) is 1. The predicted molar refractivity (Wildman–Crippen MR) is 81.9 cm³/mol. The average Bonchev–Trinajstić information content (AvgIpc) is 2.30. The van der Waals surface area contributed by atoms with Crippen LogP contribution in [0.3, 0.4) is 0 Å². The van der Waals surface area contributed by atoms with Crippen LogP contribution in [0.2, 0.25) is 0 Å². The zero-order valence-corrected chi connectivity index (χ0v) is 13.3. The first-order valence-electron chi connectivity index (χ1n) is 8.16. The van der Waals surface area contributed by atoms with E-state index in [9.17, 15) is 5.11 Å². The summed E-state index contributed by atoms with van der Waals surface area (Å²) >= 11 is 0. The van der Waals surface area contributed by atoms with Crippen LogP contribution in [0.1, 0.15) is 98.3 Å². The van der Waals surface area contributed by atoms with Crippen molar-refractivity contribution in [3.8, 4) is 0 Å². The maximum absolute atomic E-state index is 9.91. The van der Waals surface area contributed by atoms with Crippen LogP contribution in [-0.2, 0) is 0 Å². The Morgan fingerprint density at radius 2 is 1.11 bits per heavy atom. The summed E-state index contributed by atoms with van der Waals surface area (Å²) < 4.78 is 0. The molecule has 0 heterocycles. The molecule has 0 aliphatic rings. The van der Waals surface area contributed by atoms with E-state index >= 15 is 0 Å². The minimum absolute atomic E-state index is 0.0548. The minimum atomic E-state index is -0.133. The van der Waals surface area contributed by atoms with E-state index in [1.165, 1.54) is 64.2 Å². The summed E-state index contributed by atoms with van der Waals surface area (Å²) in [7, 11) is 0. The van der Waals surface area contributed by atoms with E-state index in [0.29, 0.717) is 0 Å². The molecule has 0 aromatic rings. The van der Waals surface area contributed by atoms with Crippen LogP contribution in [0.4, 0.5) is 0 Å². The quantitative estimate of drug-likeness (QED) is 0.470. The number of hydrogen-bond donors (Lipinski definition) is 1. The third-order valence-corrected chi connectivity index (χ3v) is 3.83. The summed E-state index contributed by atoms with van der Waals surface area (Å²) in [6, 6.07) is 0. The van der Waals surface area contributed by atoms with Gasteiger partial charge in [-0.05, 0) is 11.8 Å². The molecule has 0 fully saturated rings. The molecule has 0 radical (unpaired) electrons. The fourth-order valence-electron chi connectivity index (χ4n) is 2.26. The predicted octanol–water partition coefficient (Wildman–Crippen LogP) is 5.70. The highest BCUT2D eigenvalue weighted by molar-refractivity contribution is 4.72. The Balaban J connectivity index is 3.17. The second-order valence-corrected chi connectivity index (χ2v) is 6.85. The Morgan fingerprint density at radius 1 is 0.722 bits per heavy atom. The summed E-state index contributed by atoms with van der Waals surface area (Å²) in [6.45, 7) is 8.63. The van der Waals surface area contributed by atoms with E-state index in [4.69, 9.17) is 0 Å². The summed E-state index contributed by atoms with van der Waals surface area (Å²) in [5.41, 5.74) is 0.0548. The van der Waals surface area contributed by atoms with Crippen molar-refractivity contribution in [2.75, 3.05) is 0 Å². The Bertz CT molecular complexity index is 169. The molecule has 0 aromatic heterocycles. The molecule has 1 atom stereocenters. The van der Waals surface area contributed by atoms with Crippen molar-refractivity contribution in [3.63, 3.8) is 0 Å². The lowest BCUT2D eigenvalue weighted by atomic mass is 9.86. The fraction of sp³-hybridized carbons (Fsp3) is 1.00. The maximum Gasteiger partial charge on any atom is 0.0588 e. The first-order valence-corrected chi connectivity index (χ1v) is 8.16. The lowest BCUT2D eigenvalue weighted by Crippen LogP contribution is -2.25. The van der Waals surface area contributed by atoms with Gasteiger partial charge in [-0.25, -0.2) is 0 Å². The molecule has 1 heteroatoms. The Morgan fingerprint density at radius 3 is 1.50 bits per heavy atom. The molecule has 0 saturated carbocycles. The maximum atomic E-state index is 9.91. The SMILES string of the molecule is CCCCCCCCCCCCC(O)C(C)(C)C. The Labute approximate surface area is 115 Å². The van der Waals surface area contributed by atoms with Crippen LogP contribution in [0.5, 0.6) is 0 Å². The van der Waals surface area contributed by atoms with Gasteiger partial charge in [0.2, 0.25) is 0 Å². The smallest absolute Gasteiger partial charge is 0.0588 e. The van der Waals surface area contributed by atoms with Crippen molar-refractivity contribution in [1.29, 1.82) is 0 Å². The van der Waals surface area contributed by atoms with Gasteiger partial charge in [0.25, 0.3) is 0 Å². The Hall–Kier alpha value is -0.0400. The average molecular weight is 256 g/mol. The van der Waals surface area contributed by atoms with Gasteiger partial charge in [0, 0.05) is 0 Å². The van der Waals surface area contributed by atoms with Gasteiger partial charge in [-0.2, -0.15) is 0 Å². The molecule has 110 valence electrons. The van der Waals surface area contributed by atoms with E-state index in [1.54, 1.807) is 0 Å². The van der Waals surface area contributed by atoms with Gasteiger partial charge in [0.15, 0.2) is 0 Å². The van der Waals surface area contributed by atoms with E-state index in [1.807, 2.05) is 0 Å². The second-order valence-electron chi connectivity index (χ2n) is 6.85. The van der Waals surface area contributed by atoms with Crippen molar-refractivity contribution in [2.45, 2.75) is 104 Å². The van der Waals surface area contributed by atoms with Gasteiger partial charge in [0.1, 0.15) is 0 Å². The molecule has 0 spiro atoms. The summed E-state index contributed by atoms with van der Waals surface area (Å²) in [6.07, 6.45) is 14.5. The number of aliphatic hydroxyl groups excluding tert-OH is 1. The monoisotopic (exact) mass is 256 g/mol. The van der Waals surface area contributed by atoms with E-state index in [0.717, 1.165) is 6.42 Å². The first-order chi connectivity index (χ1) is 8.48. The molecule has 0 bridgehead atoms. The number of aliphatic hydroxyl groups is 1. The molecule has 1 N–H and O–H groups in total. The number of unbranched alkanes of at least 4 members (excludes halogenated alkanes) is 9.